The molecule has 0 bridgehead atoms. The van der Waals surface area contributed by atoms with E-state index < -0.39 is 0 Å². The molecule has 1 unspecified atom stereocenters. The number of nitrogens with zero attached hydrogens (tertiary/aromatic N) is 1. The number of carbonyl (C=O) groups excluding carboxylic acids is 1. The van der Waals surface area contributed by atoms with Crippen molar-refractivity contribution in [2.45, 2.75) is 25.4 Å². The summed E-state index contributed by atoms with van der Waals surface area (Å²) in [5.74, 6) is 0.113. The lowest BCUT2D eigenvalue weighted by atomic mass is 10.0. The summed E-state index contributed by atoms with van der Waals surface area (Å²) in [6.07, 6.45) is 0.356. The maximum atomic E-state index is 12.2. The Hall–Kier alpha value is -1.39. The SMILES string of the molecule is C[C@@H]1COCCN1C(=O)CC(N)c1ccccc1. The van der Waals surface area contributed by atoms with E-state index in [2.05, 4.69) is 0 Å². The molecule has 0 aromatic heterocycles. The highest BCUT2D eigenvalue weighted by atomic mass is 16.5. The predicted molar refractivity (Wildman–Crippen MR) is 70.0 cm³/mol. The van der Waals surface area contributed by atoms with Crippen LogP contribution in [0.2, 0.25) is 0 Å². The van der Waals surface area contributed by atoms with Gasteiger partial charge in [-0.3, -0.25) is 4.79 Å². The van der Waals surface area contributed by atoms with E-state index in [0.717, 1.165) is 5.56 Å². The highest BCUT2D eigenvalue weighted by Gasteiger charge is 2.25. The molecule has 1 aromatic rings. The zero-order valence-electron chi connectivity index (χ0n) is 10.7. The largest absolute Gasteiger partial charge is 0.377 e. The predicted octanol–water partition coefficient (Wildman–Crippen LogP) is 1.32. The van der Waals surface area contributed by atoms with Crippen LogP contribution in [0.5, 0.6) is 0 Å². The van der Waals surface area contributed by atoms with Crippen LogP contribution in [0.4, 0.5) is 0 Å². The molecule has 4 heteroatoms. The van der Waals surface area contributed by atoms with E-state index in [9.17, 15) is 4.79 Å². The van der Waals surface area contributed by atoms with Crippen LogP contribution in [0, 0.1) is 0 Å². The van der Waals surface area contributed by atoms with E-state index in [1.54, 1.807) is 0 Å². The van der Waals surface area contributed by atoms with Crippen molar-refractivity contribution >= 4 is 5.91 Å². The fourth-order valence-electron chi connectivity index (χ4n) is 2.22. The van der Waals surface area contributed by atoms with Crippen molar-refractivity contribution in [3.05, 3.63) is 35.9 Å². The van der Waals surface area contributed by atoms with Crippen LogP contribution >= 0.6 is 0 Å². The van der Waals surface area contributed by atoms with Crippen LogP contribution in [-0.2, 0) is 9.53 Å². The number of amides is 1. The summed E-state index contributed by atoms with van der Waals surface area (Å²) in [5, 5.41) is 0. The molecule has 1 aliphatic rings. The number of rotatable bonds is 3. The van der Waals surface area contributed by atoms with Gasteiger partial charge in [0.15, 0.2) is 0 Å². The highest BCUT2D eigenvalue weighted by molar-refractivity contribution is 5.77. The number of hydrogen-bond donors (Lipinski definition) is 1. The lowest BCUT2D eigenvalue weighted by Crippen LogP contribution is -2.47. The van der Waals surface area contributed by atoms with Crippen LogP contribution in [0.15, 0.2) is 30.3 Å². The summed E-state index contributed by atoms with van der Waals surface area (Å²) < 4.78 is 5.33. The first-order chi connectivity index (χ1) is 8.68. The molecule has 1 aliphatic heterocycles. The second-order valence-electron chi connectivity index (χ2n) is 4.73. The first-order valence-electron chi connectivity index (χ1n) is 6.36. The second-order valence-corrected chi connectivity index (χ2v) is 4.73. The molecule has 0 spiro atoms. The topological polar surface area (TPSA) is 55.6 Å². The molecule has 1 fully saturated rings. The van der Waals surface area contributed by atoms with E-state index in [4.69, 9.17) is 10.5 Å². The van der Waals surface area contributed by atoms with Gasteiger partial charge in [-0.1, -0.05) is 30.3 Å². The minimum Gasteiger partial charge on any atom is -0.377 e. The minimum atomic E-state index is -0.228. The Morgan fingerprint density at radius 1 is 1.50 bits per heavy atom. The molecule has 0 aliphatic carbocycles. The number of carbonyl (C=O) groups is 1. The maximum Gasteiger partial charge on any atom is 0.224 e. The summed E-state index contributed by atoms with van der Waals surface area (Å²) in [6, 6.07) is 9.67. The monoisotopic (exact) mass is 248 g/mol. The lowest BCUT2D eigenvalue weighted by Gasteiger charge is -2.34. The first kappa shape index (κ1) is 13.1. The Morgan fingerprint density at radius 2 is 2.22 bits per heavy atom. The van der Waals surface area contributed by atoms with E-state index in [0.29, 0.717) is 26.2 Å². The molecule has 1 aromatic carbocycles. The van der Waals surface area contributed by atoms with Gasteiger partial charge in [-0.25, -0.2) is 0 Å². The highest BCUT2D eigenvalue weighted by Crippen LogP contribution is 2.16. The molecular formula is C14H20N2O2. The van der Waals surface area contributed by atoms with Gasteiger partial charge in [-0.2, -0.15) is 0 Å². The number of morpholine rings is 1. The third kappa shape index (κ3) is 3.09. The Kier molecular flexibility index (Phi) is 4.33. The van der Waals surface area contributed by atoms with Crippen LogP contribution < -0.4 is 5.73 Å². The molecular weight excluding hydrogens is 228 g/mol. The van der Waals surface area contributed by atoms with Gasteiger partial charge in [-0.05, 0) is 12.5 Å². The lowest BCUT2D eigenvalue weighted by molar-refractivity contribution is -0.139. The van der Waals surface area contributed by atoms with Crippen molar-refractivity contribution in [3.8, 4) is 0 Å². The zero-order chi connectivity index (χ0) is 13.0. The average Bonchev–Trinajstić information content (AvgIpc) is 2.40. The summed E-state index contributed by atoms with van der Waals surface area (Å²) in [5.41, 5.74) is 7.08. The van der Waals surface area contributed by atoms with Gasteiger partial charge < -0.3 is 15.4 Å². The molecule has 2 rings (SSSR count). The molecule has 4 nitrogen and oxygen atoms in total. The van der Waals surface area contributed by atoms with Gasteiger partial charge in [0, 0.05) is 19.0 Å². The van der Waals surface area contributed by atoms with Gasteiger partial charge in [0.25, 0.3) is 0 Å². The standard InChI is InChI=1S/C14H20N2O2/c1-11-10-18-8-7-16(11)14(17)9-13(15)12-5-3-2-4-6-12/h2-6,11,13H,7-10,15H2,1H3/t11-,13?/m1/s1. The summed E-state index contributed by atoms with van der Waals surface area (Å²) in [4.78, 5) is 14.0. The Labute approximate surface area is 108 Å². The molecule has 1 amide bonds. The van der Waals surface area contributed by atoms with E-state index in [-0.39, 0.29) is 18.0 Å². The van der Waals surface area contributed by atoms with E-state index in [1.165, 1.54) is 0 Å². The summed E-state index contributed by atoms with van der Waals surface area (Å²) in [6.45, 7) is 3.91. The Morgan fingerprint density at radius 3 is 2.89 bits per heavy atom. The quantitative estimate of drug-likeness (QED) is 0.878. The van der Waals surface area contributed by atoms with Crippen molar-refractivity contribution in [2.75, 3.05) is 19.8 Å². The van der Waals surface area contributed by atoms with Crippen molar-refractivity contribution in [2.24, 2.45) is 5.73 Å². The van der Waals surface area contributed by atoms with Crippen molar-refractivity contribution in [3.63, 3.8) is 0 Å². The van der Waals surface area contributed by atoms with Crippen molar-refractivity contribution in [1.29, 1.82) is 0 Å². The van der Waals surface area contributed by atoms with Gasteiger partial charge in [0.1, 0.15) is 0 Å². The van der Waals surface area contributed by atoms with Gasteiger partial charge in [-0.15, -0.1) is 0 Å². The molecule has 0 radical (unpaired) electrons. The molecule has 98 valence electrons. The van der Waals surface area contributed by atoms with Crippen LogP contribution in [0.3, 0.4) is 0 Å². The normalized spacial score (nSPS) is 21.7. The molecule has 1 saturated heterocycles. The zero-order valence-corrected chi connectivity index (χ0v) is 10.7. The van der Waals surface area contributed by atoms with Crippen molar-refractivity contribution in [1.82, 2.24) is 4.90 Å². The second kappa shape index (κ2) is 5.98. The fourth-order valence-corrected chi connectivity index (χ4v) is 2.22. The van der Waals surface area contributed by atoms with Crippen molar-refractivity contribution < 1.29 is 9.53 Å². The van der Waals surface area contributed by atoms with E-state index >= 15 is 0 Å². The first-order valence-corrected chi connectivity index (χ1v) is 6.36. The Bertz CT molecular complexity index is 394. The molecule has 18 heavy (non-hydrogen) atoms. The smallest absolute Gasteiger partial charge is 0.224 e. The van der Waals surface area contributed by atoms with Gasteiger partial charge in [0.05, 0.1) is 19.3 Å². The summed E-state index contributed by atoms with van der Waals surface area (Å²) in [7, 11) is 0. The molecule has 1 heterocycles. The van der Waals surface area contributed by atoms with Gasteiger partial charge >= 0.3 is 0 Å². The third-order valence-corrected chi connectivity index (χ3v) is 3.31. The molecule has 2 N–H and O–H groups in total. The molecule has 2 atom stereocenters. The number of ether oxygens (including phenoxy) is 1. The third-order valence-electron chi connectivity index (χ3n) is 3.31. The maximum absolute atomic E-state index is 12.2. The van der Waals surface area contributed by atoms with Crippen LogP contribution in [0.1, 0.15) is 24.9 Å². The number of hydrogen-bond acceptors (Lipinski definition) is 3. The average molecular weight is 248 g/mol. The number of nitrogens with two attached hydrogens (primary N) is 1. The molecule has 0 saturated carbocycles. The number of benzene rings is 1. The van der Waals surface area contributed by atoms with E-state index in [1.807, 2.05) is 42.2 Å². The fraction of sp³-hybridized carbons (Fsp3) is 0.500. The summed E-state index contributed by atoms with van der Waals surface area (Å²) >= 11 is 0. The van der Waals surface area contributed by atoms with Crippen LogP contribution in [0.25, 0.3) is 0 Å². The van der Waals surface area contributed by atoms with Crippen LogP contribution in [-0.4, -0.2) is 36.6 Å². The van der Waals surface area contributed by atoms with Gasteiger partial charge in [0.2, 0.25) is 5.91 Å². The Balaban J connectivity index is 1.94. The minimum absolute atomic E-state index is 0.113.